The molecule has 1 fully saturated rings. The Balaban J connectivity index is 2.11. The average molecular weight is 275 g/mol. The van der Waals surface area contributed by atoms with Crippen molar-refractivity contribution in [2.45, 2.75) is 17.4 Å². The number of aliphatic carboxylic acids is 1. The Labute approximate surface area is 104 Å². The maximum Gasteiger partial charge on any atom is 0.306 e. The standard InChI is InChI=1S/C9H13N3O5S/c13-9(14)3-7-6-12(1-2-17-7)18(15,16)8-4-10-11-5-8/h4-5,7H,1-3,6H2,(H,10,11)(H,13,14). The van der Waals surface area contributed by atoms with Crippen molar-refractivity contribution in [1.82, 2.24) is 14.5 Å². The number of rotatable bonds is 4. The third-order valence-electron chi connectivity index (χ3n) is 2.61. The Kier molecular flexibility index (Phi) is 3.64. The number of morpholine rings is 1. The number of sulfonamides is 1. The number of nitrogens with zero attached hydrogens (tertiary/aromatic N) is 2. The minimum absolute atomic E-state index is 0.0415. The van der Waals surface area contributed by atoms with Crippen molar-refractivity contribution in [3.05, 3.63) is 12.4 Å². The molecule has 2 heterocycles. The third kappa shape index (κ3) is 2.68. The fourth-order valence-electron chi connectivity index (χ4n) is 1.76. The fourth-order valence-corrected chi connectivity index (χ4v) is 3.12. The molecule has 1 aromatic heterocycles. The van der Waals surface area contributed by atoms with E-state index in [1.165, 1.54) is 16.7 Å². The summed E-state index contributed by atoms with van der Waals surface area (Å²) in [6, 6.07) is 0. The minimum Gasteiger partial charge on any atom is -0.481 e. The second kappa shape index (κ2) is 5.04. The van der Waals surface area contributed by atoms with Gasteiger partial charge in [-0.1, -0.05) is 0 Å². The molecule has 100 valence electrons. The summed E-state index contributed by atoms with van der Waals surface area (Å²) < 4.78 is 30.7. The summed E-state index contributed by atoms with van der Waals surface area (Å²) in [7, 11) is -3.62. The van der Waals surface area contributed by atoms with E-state index in [1.807, 2.05) is 0 Å². The van der Waals surface area contributed by atoms with Crippen LogP contribution in [-0.2, 0) is 19.6 Å². The number of aromatic amines is 1. The average Bonchev–Trinajstić information content (AvgIpc) is 2.82. The number of carbonyl (C=O) groups is 1. The quantitative estimate of drug-likeness (QED) is 0.749. The van der Waals surface area contributed by atoms with Crippen LogP contribution in [0.4, 0.5) is 0 Å². The van der Waals surface area contributed by atoms with E-state index in [9.17, 15) is 13.2 Å². The highest BCUT2D eigenvalue weighted by atomic mass is 32.2. The Morgan fingerprint density at radius 2 is 2.44 bits per heavy atom. The van der Waals surface area contributed by atoms with Crippen LogP contribution in [0.3, 0.4) is 0 Å². The van der Waals surface area contributed by atoms with Crippen molar-refractivity contribution in [1.29, 1.82) is 0 Å². The number of ether oxygens (including phenoxy) is 1. The molecule has 2 N–H and O–H groups in total. The summed E-state index contributed by atoms with van der Waals surface area (Å²) in [5, 5.41) is 14.7. The lowest BCUT2D eigenvalue weighted by molar-refractivity contribution is -0.141. The van der Waals surface area contributed by atoms with Crippen LogP contribution in [0.2, 0.25) is 0 Å². The summed E-state index contributed by atoms with van der Waals surface area (Å²) in [6.45, 7) is 0.443. The lowest BCUT2D eigenvalue weighted by Crippen LogP contribution is -2.46. The molecule has 2 rings (SSSR count). The van der Waals surface area contributed by atoms with Crippen molar-refractivity contribution >= 4 is 16.0 Å². The first-order chi connectivity index (χ1) is 8.50. The molecule has 1 aliphatic heterocycles. The van der Waals surface area contributed by atoms with Crippen LogP contribution in [-0.4, -0.2) is 59.8 Å². The molecule has 18 heavy (non-hydrogen) atoms. The Morgan fingerprint density at radius 3 is 3.06 bits per heavy atom. The lowest BCUT2D eigenvalue weighted by atomic mass is 10.2. The predicted octanol–water partition coefficient (Wildman–Crippen LogP) is -0.726. The zero-order valence-corrected chi connectivity index (χ0v) is 10.3. The van der Waals surface area contributed by atoms with Crippen molar-refractivity contribution < 1.29 is 23.1 Å². The maximum absolute atomic E-state index is 12.1. The molecule has 0 bridgehead atoms. The number of H-pyrrole nitrogens is 1. The zero-order valence-electron chi connectivity index (χ0n) is 9.44. The van der Waals surface area contributed by atoms with E-state index in [4.69, 9.17) is 9.84 Å². The Hall–Kier alpha value is -1.45. The van der Waals surface area contributed by atoms with Gasteiger partial charge in [0, 0.05) is 19.3 Å². The highest BCUT2D eigenvalue weighted by molar-refractivity contribution is 7.89. The molecule has 1 saturated heterocycles. The minimum atomic E-state index is -3.62. The number of hydrogen-bond donors (Lipinski definition) is 2. The van der Waals surface area contributed by atoms with Gasteiger partial charge in [0.1, 0.15) is 4.90 Å². The molecule has 0 amide bonds. The Morgan fingerprint density at radius 1 is 1.67 bits per heavy atom. The second-order valence-electron chi connectivity index (χ2n) is 3.89. The van der Waals surface area contributed by atoms with Crippen LogP contribution in [0.5, 0.6) is 0 Å². The summed E-state index contributed by atoms with van der Waals surface area (Å²) in [4.78, 5) is 10.7. The highest BCUT2D eigenvalue weighted by Crippen LogP contribution is 2.18. The Bertz CT molecular complexity index is 512. The molecule has 0 spiro atoms. The van der Waals surface area contributed by atoms with Gasteiger partial charge in [-0.3, -0.25) is 9.89 Å². The molecule has 1 aromatic rings. The topological polar surface area (TPSA) is 113 Å². The van der Waals surface area contributed by atoms with Gasteiger partial charge >= 0.3 is 5.97 Å². The molecule has 0 aliphatic carbocycles. The normalized spacial score (nSPS) is 21.9. The SMILES string of the molecule is O=C(O)CC1CN(S(=O)(=O)c2cn[nH]c2)CCO1. The van der Waals surface area contributed by atoms with E-state index in [0.717, 1.165) is 0 Å². The summed E-state index contributed by atoms with van der Waals surface area (Å²) in [5.41, 5.74) is 0. The second-order valence-corrected chi connectivity index (χ2v) is 5.83. The van der Waals surface area contributed by atoms with Gasteiger partial charge in [0.25, 0.3) is 0 Å². The predicted molar refractivity (Wildman–Crippen MR) is 59.3 cm³/mol. The van der Waals surface area contributed by atoms with Gasteiger partial charge in [-0.2, -0.15) is 9.40 Å². The van der Waals surface area contributed by atoms with E-state index < -0.39 is 22.1 Å². The van der Waals surface area contributed by atoms with Crippen LogP contribution in [0.15, 0.2) is 17.3 Å². The van der Waals surface area contributed by atoms with Gasteiger partial charge < -0.3 is 9.84 Å². The molecular formula is C9H13N3O5S. The summed E-state index contributed by atoms with van der Waals surface area (Å²) in [5.74, 6) is -1.01. The molecule has 8 nitrogen and oxygen atoms in total. The highest BCUT2D eigenvalue weighted by Gasteiger charge is 2.32. The van der Waals surface area contributed by atoms with Crippen molar-refractivity contribution in [3.63, 3.8) is 0 Å². The molecule has 0 radical (unpaired) electrons. The van der Waals surface area contributed by atoms with E-state index in [0.29, 0.717) is 0 Å². The zero-order chi connectivity index (χ0) is 13.2. The fraction of sp³-hybridized carbons (Fsp3) is 0.556. The molecule has 0 aromatic carbocycles. The van der Waals surface area contributed by atoms with Gasteiger partial charge in [0.05, 0.1) is 25.3 Å². The largest absolute Gasteiger partial charge is 0.481 e. The van der Waals surface area contributed by atoms with Crippen LogP contribution in [0.25, 0.3) is 0 Å². The van der Waals surface area contributed by atoms with E-state index in [-0.39, 0.29) is 31.0 Å². The first-order valence-corrected chi connectivity index (χ1v) is 6.76. The number of aromatic nitrogens is 2. The smallest absolute Gasteiger partial charge is 0.306 e. The van der Waals surface area contributed by atoms with Gasteiger partial charge in [-0.15, -0.1) is 0 Å². The lowest BCUT2D eigenvalue weighted by Gasteiger charge is -2.31. The number of nitrogens with one attached hydrogen (secondary N) is 1. The number of hydrogen-bond acceptors (Lipinski definition) is 5. The van der Waals surface area contributed by atoms with Gasteiger partial charge in [0.15, 0.2) is 0 Å². The summed E-state index contributed by atoms with van der Waals surface area (Å²) in [6.07, 6.45) is 1.68. The first kappa shape index (κ1) is 13.0. The van der Waals surface area contributed by atoms with Gasteiger partial charge in [-0.05, 0) is 0 Å². The van der Waals surface area contributed by atoms with Crippen LogP contribution >= 0.6 is 0 Å². The molecule has 1 unspecified atom stereocenters. The van der Waals surface area contributed by atoms with E-state index >= 15 is 0 Å². The van der Waals surface area contributed by atoms with Gasteiger partial charge in [-0.25, -0.2) is 8.42 Å². The monoisotopic (exact) mass is 275 g/mol. The van der Waals surface area contributed by atoms with Crippen molar-refractivity contribution in [2.75, 3.05) is 19.7 Å². The van der Waals surface area contributed by atoms with Crippen LogP contribution in [0.1, 0.15) is 6.42 Å². The van der Waals surface area contributed by atoms with Gasteiger partial charge in [0.2, 0.25) is 10.0 Å². The first-order valence-electron chi connectivity index (χ1n) is 5.32. The number of carboxylic acid groups (broad SMARTS) is 1. The maximum atomic E-state index is 12.1. The van der Waals surface area contributed by atoms with Crippen LogP contribution in [0, 0.1) is 0 Å². The van der Waals surface area contributed by atoms with Crippen molar-refractivity contribution in [2.24, 2.45) is 0 Å². The molecule has 0 saturated carbocycles. The molecular weight excluding hydrogens is 262 g/mol. The van der Waals surface area contributed by atoms with Crippen molar-refractivity contribution in [3.8, 4) is 0 Å². The third-order valence-corrected chi connectivity index (χ3v) is 4.45. The summed E-state index contributed by atoms with van der Waals surface area (Å²) >= 11 is 0. The molecule has 1 atom stereocenters. The van der Waals surface area contributed by atoms with E-state index in [1.54, 1.807) is 0 Å². The van der Waals surface area contributed by atoms with Crippen LogP contribution < -0.4 is 0 Å². The molecule has 9 heteroatoms. The number of carboxylic acids is 1. The molecule has 1 aliphatic rings. The van der Waals surface area contributed by atoms with E-state index in [2.05, 4.69) is 10.2 Å².